The maximum absolute atomic E-state index is 15.7. The lowest BCUT2D eigenvalue weighted by molar-refractivity contribution is -0.126. The molecule has 0 bridgehead atoms. The molecule has 0 radical (unpaired) electrons. The highest BCUT2D eigenvalue weighted by atomic mass is 32.2. The number of nitrogens with zero attached hydrogens (tertiary/aromatic N) is 5. The molecule has 2 aromatic heterocycles. The van der Waals surface area contributed by atoms with E-state index in [4.69, 9.17) is 9.47 Å². The topological polar surface area (TPSA) is 170 Å². The summed E-state index contributed by atoms with van der Waals surface area (Å²) in [5, 5.41) is 3.08. The number of pyridine rings is 1. The van der Waals surface area contributed by atoms with Crippen molar-refractivity contribution in [1.82, 2.24) is 34.3 Å². The minimum absolute atomic E-state index is 0.00119. The van der Waals surface area contributed by atoms with Gasteiger partial charge >= 0.3 is 10.2 Å². The highest BCUT2D eigenvalue weighted by Crippen LogP contribution is 2.39. The van der Waals surface area contributed by atoms with E-state index >= 15 is 8.78 Å². The number of alkyl halides is 1. The number of halogens is 3. The van der Waals surface area contributed by atoms with Gasteiger partial charge in [0.2, 0.25) is 11.7 Å². The van der Waals surface area contributed by atoms with Gasteiger partial charge in [-0.3, -0.25) is 28.9 Å². The van der Waals surface area contributed by atoms with Gasteiger partial charge in [0.1, 0.15) is 48.4 Å². The van der Waals surface area contributed by atoms with Crippen molar-refractivity contribution in [1.29, 1.82) is 0 Å². The first-order chi connectivity index (χ1) is 31.7. The molecule has 2 atom stereocenters. The average molecular weight is 925 g/mol. The largest absolute Gasteiger partial charge is 0.492 e. The molecule has 10 rings (SSSR count). The SMILES string of the molecule is C=C1CCC(N2Cc3cc(OCCN4CC5(CN(CCOc6ccc(-c7cnc8[nH]cc(C(=O)c9c(F)ccc(NS(=O)(=O)N%10CC[C@@H](F)C%10)c9F)c8c7)cc6)C5)C4)ccc3C2=O)C(=O)N1. The van der Waals surface area contributed by atoms with Gasteiger partial charge in [-0.2, -0.15) is 12.7 Å². The molecular formula is C47H47F3N8O7S. The average Bonchev–Trinajstić information content (AvgIpc) is 3.99. The molecule has 1 unspecified atom stereocenters. The Hall–Kier alpha value is -6.28. The third kappa shape index (κ3) is 8.40. The van der Waals surface area contributed by atoms with E-state index in [0.29, 0.717) is 72.0 Å². The van der Waals surface area contributed by atoms with Crippen LogP contribution >= 0.6 is 0 Å². The lowest BCUT2D eigenvalue weighted by Gasteiger charge is -2.60. The van der Waals surface area contributed by atoms with Crippen molar-refractivity contribution in [2.75, 3.05) is 70.3 Å². The monoisotopic (exact) mass is 924 g/mol. The predicted octanol–water partition coefficient (Wildman–Crippen LogP) is 5.26. The third-order valence-corrected chi connectivity index (χ3v) is 14.6. The Morgan fingerprint density at radius 2 is 1.64 bits per heavy atom. The van der Waals surface area contributed by atoms with Crippen LogP contribution in [0.15, 0.2) is 85.3 Å². The Morgan fingerprint density at radius 3 is 2.33 bits per heavy atom. The Kier molecular flexibility index (Phi) is 11.3. The van der Waals surface area contributed by atoms with Gasteiger partial charge in [-0.25, -0.2) is 18.2 Å². The molecule has 15 nitrogen and oxygen atoms in total. The lowest BCUT2D eigenvalue weighted by atomic mass is 9.73. The number of fused-ring (bicyclic) bond motifs is 2. The molecule has 5 aliphatic heterocycles. The second-order valence-corrected chi connectivity index (χ2v) is 19.5. The smallest absolute Gasteiger partial charge is 0.301 e. The summed E-state index contributed by atoms with van der Waals surface area (Å²) in [5.74, 6) is -2.50. The summed E-state index contributed by atoms with van der Waals surface area (Å²) in [4.78, 5) is 52.9. The number of carbonyl (C=O) groups excluding carboxylic acids is 3. The predicted molar refractivity (Wildman–Crippen MR) is 238 cm³/mol. The molecule has 3 aromatic carbocycles. The van der Waals surface area contributed by atoms with E-state index < -0.39 is 51.1 Å². The normalized spacial score (nSPS) is 20.9. The van der Waals surface area contributed by atoms with E-state index in [9.17, 15) is 27.2 Å². The number of allylic oxidation sites excluding steroid dienone is 1. The number of likely N-dealkylation sites (tertiary alicyclic amines) is 2. The summed E-state index contributed by atoms with van der Waals surface area (Å²) in [5.41, 5.74) is 2.54. The standard InChI is InChI=1S/C47H47F3N8O7S/c1-28-2-11-40(45(60)53-28)58-22-31-18-34(7-8-35(31)46(58)61)65-17-15-56-26-47(27-56)24-55(25-47)14-16-64-33-5-3-29(4-6-33)30-19-36-37(21-52-44(36)51-20-30)43(59)41-38(49)9-10-39(42(41)50)54-66(62,63)57-13-12-32(48)23-57/h3-10,18-21,32,40,54H,1-2,11-17,22-27H2,(H,51,52)(H,53,60)/t32-,40?/m1/s1. The number of piperidine rings is 1. The molecular weight excluding hydrogens is 878 g/mol. The molecule has 5 aromatic rings. The number of anilines is 1. The quantitative estimate of drug-likeness (QED) is 0.118. The zero-order chi connectivity index (χ0) is 45.9. The maximum atomic E-state index is 15.7. The van der Waals surface area contributed by atoms with Crippen LogP contribution in [-0.2, 0) is 21.5 Å². The summed E-state index contributed by atoms with van der Waals surface area (Å²) < 4.78 is 85.0. The fourth-order valence-electron chi connectivity index (χ4n) is 9.80. The first-order valence-electron chi connectivity index (χ1n) is 21.9. The van der Waals surface area contributed by atoms with Gasteiger partial charge < -0.3 is 24.7 Å². The number of hydrogen-bond donors (Lipinski definition) is 3. The molecule has 19 heteroatoms. The molecule has 4 fully saturated rings. The highest BCUT2D eigenvalue weighted by Gasteiger charge is 2.51. The lowest BCUT2D eigenvalue weighted by Crippen LogP contribution is -2.72. The van der Waals surface area contributed by atoms with Crippen LogP contribution in [0.25, 0.3) is 22.2 Å². The Labute approximate surface area is 378 Å². The molecule has 1 spiro atoms. The van der Waals surface area contributed by atoms with Crippen molar-refractivity contribution in [3.8, 4) is 22.6 Å². The molecule has 66 heavy (non-hydrogen) atoms. The number of aromatic nitrogens is 2. The van der Waals surface area contributed by atoms with Crippen LogP contribution in [0.1, 0.15) is 51.1 Å². The van der Waals surface area contributed by atoms with Gasteiger partial charge in [0, 0.05) is 104 Å². The van der Waals surface area contributed by atoms with Crippen molar-refractivity contribution < 1.29 is 45.4 Å². The number of amides is 2. The highest BCUT2D eigenvalue weighted by molar-refractivity contribution is 7.90. The van der Waals surface area contributed by atoms with E-state index in [-0.39, 0.29) is 42.3 Å². The zero-order valence-corrected chi connectivity index (χ0v) is 36.6. The number of benzene rings is 3. The van der Waals surface area contributed by atoms with Crippen molar-refractivity contribution >= 4 is 44.5 Å². The van der Waals surface area contributed by atoms with Crippen LogP contribution in [0, 0.1) is 17.0 Å². The molecule has 3 N–H and O–H groups in total. The molecule has 4 saturated heterocycles. The van der Waals surface area contributed by atoms with Crippen LogP contribution in [-0.4, -0.2) is 133 Å². The molecule has 5 aliphatic rings. The van der Waals surface area contributed by atoms with Crippen LogP contribution in [0.5, 0.6) is 11.5 Å². The van der Waals surface area contributed by atoms with E-state index in [1.807, 2.05) is 41.1 Å². The Bertz CT molecular complexity index is 2880. The Morgan fingerprint density at radius 1 is 0.924 bits per heavy atom. The second kappa shape index (κ2) is 17.2. The van der Waals surface area contributed by atoms with Crippen molar-refractivity contribution in [2.24, 2.45) is 5.41 Å². The first kappa shape index (κ1) is 43.6. The molecule has 7 heterocycles. The molecule has 0 aliphatic carbocycles. The number of nitrogens with one attached hydrogen (secondary N) is 3. The maximum Gasteiger partial charge on any atom is 0.301 e. The van der Waals surface area contributed by atoms with Gasteiger partial charge in [0.25, 0.3) is 5.91 Å². The van der Waals surface area contributed by atoms with Gasteiger partial charge in [-0.1, -0.05) is 18.7 Å². The van der Waals surface area contributed by atoms with Gasteiger partial charge in [-0.05, 0) is 78.9 Å². The summed E-state index contributed by atoms with van der Waals surface area (Å²) in [6.45, 7) is 10.4. The molecule has 0 saturated carbocycles. The van der Waals surface area contributed by atoms with Crippen molar-refractivity contribution in [3.05, 3.63) is 119 Å². The number of rotatable bonds is 15. The zero-order valence-electron chi connectivity index (χ0n) is 35.8. The Balaban J connectivity index is 0.674. The number of carbonyl (C=O) groups is 3. The van der Waals surface area contributed by atoms with E-state index in [0.717, 1.165) is 66.8 Å². The third-order valence-electron chi connectivity index (χ3n) is 13.1. The van der Waals surface area contributed by atoms with Crippen molar-refractivity contribution in [2.45, 2.75) is 38.0 Å². The molecule has 2 amide bonds. The van der Waals surface area contributed by atoms with E-state index in [2.05, 4.69) is 31.7 Å². The van der Waals surface area contributed by atoms with Crippen LogP contribution < -0.4 is 19.5 Å². The minimum atomic E-state index is -4.36. The van der Waals surface area contributed by atoms with Crippen LogP contribution in [0.4, 0.5) is 18.9 Å². The number of aromatic amines is 1. The van der Waals surface area contributed by atoms with E-state index in [1.165, 1.54) is 6.20 Å². The molecule has 344 valence electrons. The van der Waals surface area contributed by atoms with Gasteiger partial charge in [0.05, 0.1) is 11.3 Å². The summed E-state index contributed by atoms with van der Waals surface area (Å²) in [6.07, 6.45) is 2.79. The van der Waals surface area contributed by atoms with E-state index in [1.54, 1.807) is 23.2 Å². The van der Waals surface area contributed by atoms with Gasteiger partial charge in [0.15, 0.2) is 5.82 Å². The number of ketones is 1. The fraction of sp³-hybridized carbons (Fsp3) is 0.362. The fourth-order valence-corrected chi connectivity index (χ4v) is 11.1. The summed E-state index contributed by atoms with van der Waals surface area (Å²) in [7, 11) is -4.36. The van der Waals surface area contributed by atoms with Crippen LogP contribution in [0.3, 0.4) is 0 Å². The summed E-state index contributed by atoms with van der Waals surface area (Å²) >= 11 is 0. The van der Waals surface area contributed by atoms with Crippen molar-refractivity contribution in [3.63, 3.8) is 0 Å². The summed E-state index contributed by atoms with van der Waals surface area (Å²) in [6, 6.07) is 15.8. The number of hydrogen-bond acceptors (Lipinski definition) is 10. The van der Waals surface area contributed by atoms with Gasteiger partial charge in [-0.15, -0.1) is 0 Å². The minimum Gasteiger partial charge on any atom is -0.492 e. The van der Waals surface area contributed by atoms with Crippen LogP contribution in [0.2, 0.25) is 0 Å². The second-order valence-electron chi connectivity index (χ2n) is 17.8. The number of H-pyrrole nitrogens is 1. The number of ether oxygens (including phenoxy) is 2. The first-order valence-corrected chi connectivity index (χ1v) is 23.3.